The second-order valence-corrected chi connectivity index (χ2v) is 3.04. The van der Waals surface area contributed by atoms with E-state index in [1.165, 1.54) is 6.07 Å². The van der Waals surface area contributed by atoms with Gasteiger partial charge in [-0.25, -0.2) is 0 Å². The molecule has 1 amide bonds. The summed E-state index contributed by atoms with van der Waals surface area (Å²) in [6, 6.07) is 3.47. The topological polar surface area (TPSA) is 47.6 Å². The number of amides is 1. The number of hydrogen-bond donors (Lipinski definition) is 1. The molecule has 0 saturated heterocycles. The normalized spacial score (nSPS) is 14.8. The van der Waals surface area contributed by atoms with Crippen molar-refractivity contribution in [2.45, 2.75) is 6.36 Å². The highest BCUT2D eigenvalue weighted by Gasteiger charge is 2.31. The van der Waals surface area contributed by atoms with Gasteiger partial charge >= 0.3 is 6.36 Å². The van der Waals surface area contributed by atoms with Crippen LogP contribution in [0.25, 0.3) is 0 Å². The Morgan fingerprint density at radius 2 is 2.12 bits per heavy atom. The van der Waals surface area contributed by atoms with Crippen molar-refractivity contribution in [3.05, 3.63) is 18.2 Å². The predicted octanol–water partition coefficient (Wildman–Crippen LogP) is 1.92. The van der Waals surface area contributed by atoms with E-state index < -0.39 is 18.0 Å². The van der Waals surface area contributed by atoms with E-state index >= 15 is 0 Å². The Kier molecular flexibility index (Phi) is 2.37. The SMILES string of the molecule is O=C1COc2ccc(OC(F)(F)F)cc2N1. The van der Waals surface area contributed by atoms with Crippen LogP contribution in [0.1, 0.15) is 0 Å². The van der Waals surface area contributed by atoms with Crippen molar-refractivity contribution in [2.24, 2.45) is 0 Å². The Labute approximate surface area is 88.0 Å². The summed E-state index contributed by atoms with van der Waals surface area (Å²) >= 11 is 0. The third kappa shape index (κ3) is 2.36. The average molecular weight is 233 g/mol. The van der Waals surface area contributed by atoms with Crippen LogP contribution >= 0.6 is 0 Å². The summed E-state index contributed by atoms with van der Waals surface area (Å²) in [4.78, 5) is 10.9. The summed E-state index contributed by atoms with van der Waals surface area (Å²) in [5.74, 6) is -0.511. The lowest BCUT2D eigenvalue weighted by Crippen LogP contribution is -2.25. The minimum absolute atomic E-state index is 0.146. The molecule has 0 fully saturated rings. The zero-order valence-corrected chi connectivity index (χ0v) is 7.80. The van der Waals surface area contributed by atoms with Gasteiger partial charge in [-0.2, -0.15) is 0 Å². The second kappa shape index (κ2) is 3.58. The van der Waals surface area contributed by atoms with Gasteiger partial charge in [-0.05, 0) is 12.1 Å². The molecule has 16 heavy (non-hydrogen) atoms. The van der Waals surface area contributed by atoms with E-state index in [4.69, 9.17) is 4.74 Å². The molecule has 0 saturated carbocycles. The zero-order chi connectivity index (χ0) is 11.8. The van der Waals surface area contributed by atoms with Crippen LogP contribution in [0.15, 0.2) is 18.2 Å². The molecule has 0 unspecified atom stereocenters. The maximum absolute atomic E-state index is 11.9. The number of benzene rings is 1. The van der Waals surface area contributed by atoms with Crippen LogP contribution in [0.4, 0.5) is 18.9 Å². The Balaban J connectivity index is 2.24. The van der Waals surface area contributed by atoms with Crippen LogP contribution in [0.3, 0.4) is 0 Å². The minimum atomic E-state index is -4.76. The van der Waals surface area contributed by atoms with Gasteiger partial charge in [0.25, 0.3) is 5.91 Å². The largest absolute Gasteiger partial charge is 0.573 e. The molecular formula is C9H6F3NO3. The van der Waals surface area contributed by atoms with Gasteiger partial charge in [0.05, 0.1) is 5.69 Å². The highest BCUT2D eigenvalue weighted by atomic mass is 19.4. The van der Waals surface area contributed by atoms with Crippen LogP contribution in [-0.2, 0) is 4.79 Å². The van der Waals surface area contributed by atoms with E-state index in [9.17, 15) is 18.0 Å². The van der Waals surface area contributed by atoms with Crippen molar-refractivity contribution in [1.29, 1.82) is 0 Å². The lowest BCUT2D eigenvalue weighted by atomic mass is 10.2. The number of halogens is 3. The van der Waals surface area contributed by atoms with Gasteiger partial charge in [0.2, 0.25) is 0 Å². The summed E-state index contributed by atoms with van der Waals surface area (Å²) in [6.45, 7) is -0.146. The average Bonchev–Trinajstić information content (AvgIpc) is 2.14. The predicted molar refractivity (Wildman–Crippen MR) is 47.2 cm³/mol. The maximum Gasteiger partial charge on any atom is 0.573 e. The lowest BCUT2D eigenvalue weighted by Gasteiger charge is -2.18. The van der Waals surface area contributed by atoms with Gasteiger partial charge < -0.3 is 14.8 Å². The minimum Gasteiger partial charge on any atom is -0.482 e. The van der Waals surface area contributed by atoms with E-state index in [1.807, 2.05) is 0 Å². The number of hydrogen-bond acceptors (Lipinski definition) is 3. The monoisotopic (exact) mass is 233 g/mol. The fraction of sp³-hybridized carbons (Fsp3) is 0.222. The van der Waals surface area contributed by atoms with Gasteiger partial charge in [-0.3, -0.25) is 4.79 Å². The van der Waals surface area contributed by atoms with Crippen molar-refractivity contribution in [3.63, 3.8) is 0 Å². The van der Waals surface area contributed by atoms with Crippen molar-refractivity contribution < 1.29 is 27.4 Å². The smallest absolute Gasteiger partial charge is 0.482 e. The first kappa shape index (κ1) is 10.6. The molecule has 7 heteroatoms. The number of fused-ring (bicyclic) bond motifs is 1. The van der Waals surface area contributed by atoms with E-state index in [0.29, 0.717) is 5.75 Å². The molecule has 1 aliphatic heterocycles. The highest BCUT2D eigenvalue weighted by molar-refractivity contribution is 5.95. The molecule has 86 valence electrons. The van der Waals surface area contributed by atoms with Crippen molar-refractivity contribution in [1.82, 2.24) is 0 Å². The Morgan fingerprint density at radius 1 is 1.38 bits per heavy atom. The standard InChI is InChI=1S/C9H6F3NO3/c10-9(11,12)16-5-1-2-7-6(3-5)13-8(14)4-15-7/h1-3H,4H2,(H,13,14). The van der Waals surface area contributed by atoms with E-state index in [0.717, 1.165) is 12.1 Å². The van der Waals surface area contributed by atoms with Crippen LogP contribution in [-0.4, -0.2) is 18.9 Å². The molecule has 1 heterocycles. The first-order valence-electron chi connectivity index (χ1n) is 4.26. The third-order valence-electron chi connectivity index (χ3n) is 1.82. The summed E-state index contributed by atoms with van der Waals surface area (Å²) in [5, 5.41) is 2.37. The van der Waals surface area contributed by atoms with Gasteiger partial charge in [-0.1, -0.05) is 0 Å². The number of anilines is 1. The van der Waals surface area contributed by atoms with Crippen LogP contribution < -0.4 is 14.8 Å². The molecule has 1 N–H and O–H groups in total. The number of rotatable bonds is 1. The van der Waals surface area contributed by atoms with Gasteiger partial charge in [0.1, 0.15) is 11.5 Å². The molecule has 1 aliphatic rings. The zero-order valence-electron chi connectivity index (χ0n) is 7.80. The van der Waals surface area contributed by atoms with Crippen LogP contribution in [0.2, 0.25) is 0 Å². The summed E-state index contributed by atoms with van der Waals surface area (Å²) in [5.41, 5.74) is 0.165. The summed E-state index contributed by atoms with van der Waals surface area (Å²) in [6.07, 6.45) is -4.76. The Hall–Kier alpha value is -1.92. The maximum atomic E-state index is 11.9. The molecule has 0 aliphatic carbocycles. The summed E-state index contributed by atoms with van der Waals surface area (Å²) < 4.78 is 44.4. The van der Waals surface area contributed by atoms with E-state index in [2.05, 4.69) is 10.1 Å². The van der Waals surface area contributed by atoms with Gasteiger partial charge in [0.15, 0.2) is 6.61 Å². The first-order chi connectivity index (χ1) is 7.44. The molecule has 4 nitrogen and oxygen atoms in total. The fourth-order valence-corrected chi connectivity index (χ4v) is 1.26. The fourth-order valence-electron chi connectivity index (χ4n) is 1.26. The van der Waals surface area contributed by atoms with Gasteiger partial charge in [0, 0.05) is 6.07 Å². The molecule has 0 aromatic heterocycles. The number of ether oxygens (including phenoxy) is 2. The quantitative estimate of drug-likeness (QED) is 0.806. The lowest BCUT2D eigenvalue weighted by molar-refractivity contribution is -0.274. The second-order valence-electron chi connectivity index (χ2n) is 3.04. The summed E-state index contributed by atoms with van der Waals surface area (Å²) in [7, 11) is 0. The molecule has 1 aromatic carbocycles. The van der Waals surface area contributed by atoms with Crippen LogP contribution in [0.5, 0.6) is 11.5 Å². The first-order valence-corrected chi connectivity index (χ1v) is 4.26. The number of nitrogens with one attached hydrogen (secondary N) is 1. The molecular weight excluding hydrogens is 227 g/mol. The number of alkyl halides is 3. The molecule has 1 aromatic rings. The number of carbonyl (C=O) groups is 1. The molecule has 0 atom stereocenters. The van der Waals surface area contributed by atoms with Crippen molar-refractivity contribution >= 4 is 11.6 Å². The number of carbonyl (C=O) groups excluding carboxylic acids is 1. The Morgan fingerprint density at radius 3 is 2.81 bits per heavy atom. The van der Waals surface area contributed by atoms with Gasteiger partial charge in [-0.15, -0.1) is 13.2 Å². The van der Waals surface area contributed by atoms with E-state index in [-0.39, 0.29) is 12.3 Å². The van der Waals surface area contributed by atoms with Crippen molar-refractivity contribution in [2.75, 3.05) is 11.9 Å². The highest BCUT2D eigenvalue weighted by Crippen LogP contribution is 2.33. The van der Waals surface area contributed by atoms with E-state index in [1.54, 1.807) is 0 Å². The Bertz CT molecular complexity index is 430. The molecule has 2 rings (SSSR count). The molecule has 0 spiro atoms. The third-order valence-corrected chi connectivity index (χ3v) is 1.82. The van der Waals surface area contributed by atoms with Crippen molar-refractivity contribution in [3.8, 4) is 11.5 Å². The molecule has 0 bridgehead atoms. The molecule has 0 radical (unpaired) electrons. The van der Waals surface area contributed by atoms with Crippen LogP contribution in [0, 0.1) is 0 Å².